The first kappa shape index (κ1) is 22.0. The number of hydrogen-bond donors (Lipinski definition) is 0. The molecule has 180 valence electrons. The van der Waals surface area contributed by atoms with E-state index < -0.39 is 10.0 Å². The van der Waals surface area contributed by atoms with Gasteiger partial charge in [0.1, 0.15) is 19.5 Å². The molecule has 0 N–H and O–H groups in total. The Morgan fingerprint density at radius 1 is 0.886 bits per heavy atom. The van der Waals surface area contributed by atoms with E-state index in [0.717, 1.165) is 5.69 Å². The molecule has 35 heavy (non-hydrogen) atoms. The molecule has 13 heteroatoms. The summed E-state index contributed by atoms with van der Waals surface area (Å²) in [6.07, 6.45) is 1.46. The van der Waals surface area contributed by atoms with Gasteiger partial charge in [0.15, 0.2) is 28.5 Å². The third kappa shape index (κ3) is 3.93. The smallest absolute Gasteiger partial charge is 0.243 e. The number of halogens is 1. The predicted octanol–water partition coefficient (Wildman–Crippen LogP) is 2.15. The number of anilines is 1. The summed E-state index contributed by atoms with van der Waals surface area (Å²) in [5.74, 6) is 1.62. The Balaban J connectivity index is 1.22. The van der Waals surface area contributed by atoms with Gasteiger partial charge in [0.2, 0.25) is 10.0 Å². The summed E-state index contributed by atoms with van der Waals surface area (Å²) in [6.45, 7) is 2.34. The third-order valence-corrected chi connectivity index (χ3v) is 8.13. The van der Waals surface area contributed by atoms with Crippen LogP contribution in [0.1, 0.15) is 0 Å². The number of sulfonamides is 1. The van der Waals surface area contributed by atoms with Gasteiger partial charge in [0.25, 0.3) is 0 Å². The maximum Gasteiger partial charge on any atom is 0.243 e. The summed E-state index contributed by atoms with van der Waals surface area (Å²) >= 11 is 6.00. The summed E-state index contributed by atoms with van der Waals surface area (Å²) < 4.78 is 40.7. The van der Waals surface area contributed by atoms with E-state index >= 15 is 0 Å². The molecule has 0 atom stereocenters. The second-order valence-corrected chi connectivity index (χ2v) is 10.4. The van der Waals surface area contributed by atoms with Gasteiger partial charge < -0.3 is 14.4 Å². The number of rotatable bonds is 4. The van der Waals surface area contributed by atoms with Crippen molar-refractivity contribution in [3.63, 3.8) is 0 Å². The summed E-state index contributed by atoms with van der Waals surface area (Å²) in [4.78, 5) is 11.0. The third-order valence-electron chi connectivity index (χ3n) is 5.98. The lowest BCUT2D eigenvalue weighted by Gasteiger charge is -2.34. The molecule has 0 spiro atoms. The molecular weight excluding hydrogens is 494 g/mol. The van der Waals surface area contributed by atoms with Crippen LogP contribution in [0.25, 0.3) is 16.9 Å². The molecule has 0 amide bonds. The van der Waals surface area contributed by atoms with E-state index in [2.05, 4.69) is 20.3 Å². The van der Waals surface area contributed by atoms with Gasteiger partial charge in [-0.1, -0.05) is 16.8 Å². The van der Waals surface area contributed by atoms with E-state index in [1.807, 2.05) is 17.0 Å². The lowest BCUT2D eigenvalue weighted by molar-refractivity contribution is 0.171. The van der Waals surface area contributed by atoms with Crippen LogP contribution in [0.2, 0.25) is 5.02 Å². The fourth-order valence-corrected chi connectivity index (χ4v) is 5.76. The molecule has 0 saturated carbocycles. The van der Waals surface area contributed by atoms with Crippen molar-refractivity contribution in [2.24, 2.45) is 0 Å². The van der Waals surface area contributed by atoms with Crippen LogP contribution in [0.5, 0.6) is 11.5 Å². The standard InChI is InChI=1S/C22H20ClN7O4S/c23-15-1-3-16(4-2-15)30-22-20(26-27-30)21(24-14-25-22)28-7-9-29(10-8-28)35(31,32)17-5-6-18-19(13-17)34-12-11-33-18/h1-6,13-14H,7-12H2. The Morgan fingerprint density at radius 3 is 2.40 bits per heavy atom. The quantitative estimate of drug-likeness (QED) is 0.404. The molecule has 0 aliphatic carbocycles. The van der Waals surface area contributed by atoms with Crippen LogP contribution in [0.3, 0.4) is 0 Å². The highest BCUT2D eigenvalue weighted by Crippen LogP contribution is 2.33. The van der Waals surface area contributed by atoms with Crippen molar-refractivity contribution in [3.05, 3.63) is 53.8 Å². The Morgan fingerprint density at radius 2 is 1.63 bits per heavy atom. The molecule has 6 rings (SSSR count). The molecule has 2 aliphatic heterocycles. The van der Waals surface area contributed by atoms with E-state index in [9.17, 15) is 8.42 Å². The second-order valence-electron chi connectivity index (χ2n) is 8.04. The van der Waals surface area contributed by atoms with Crippen LogP contribution in [0.4, 0.5) is 5.82 Å². The van der Waals surface area contributed by atoms with Gasteiger partial charge in [0.05, 0.1) is 10.6 Å². The number of nitrogens with zero attached hydrogens (tertiary/aromatic N) is 7. The summed E-state index contributed by atoms with van der Waals surface area (Å²) in [5.41, 5.74) is 1.88. The van der Waals surface area contributed by atoms with E-state index in [0.29, 0.717) is 72.9 Å². The molecule has 11 nitrogen and oxygen atoms in total. The first-order chi connectivity index (χ1) is 17.0. The van der Waals surface area contributed by atoms with Gasteiger partial charge in [-0.2, -0.15) is 8.99 Å². The Kier molecular flexibility index (Phi) is 5.43. The van der Waals surface area contributed by atoms with Crippen LogP contribution in [0.15, 0.2) is 53.7 Å². The van der Waals surface area contributed by atoms with Gasteiger partial charge in [-0.05, 0) is 36.4 Å². The summed E-state index contributed by atoms with van der Waals surface area (Å²) in [5, 5.41) is 9.17. The molecule has 0 bridgehead atoms. The largest absolute Gasteiger partial charge is 0.486 e. The predicted molar refractivity (Wildman–Crippen MR) is 128 cm³/mol. The average Bonchev–Trinajstić information content (AvgIpc) is 3.33. The number of fused-ring (bicyclic) bond motifs is 2. The van der Waals surface area contributed by atoms with Crippen LogP contribution >= 0.6 is 11.6 Å². The topological polar surface area (TPSA) is 116 Å². The fraction of sp³-hybridized carbons (Fsp3) is 0.273. The number of aromatic nitrogens is 5. The van der Waals surface area contributed by atoms with Crippen LogP contribution in [0, 0.1) is 0 Å². The number of ether oxygens (including phenoxy) is 2. The van der Waals surface area contributed by atoms with Crippen molar-refractivity contribution in [1.29, 1.82) is 0 Å². The van der Waals surface area contributed by atoms with Crippen molar-refractivity contribution in [1.82, 2.24) is 29.3 Å². The molecule has 2 aliphatic rings. The van der Waals surface area contributed by atoms with E-state index in [4.69, 9.17) is 21.1 Å². The molecule has 4 heterocycles. The van der Waals surface area contributed by atoms with E-state index in [-0.39, 0.29) is 4.90 Å². The molecule has 2 aromatic carbocycles. The van der Waals surface area contributed by atoms with Crippen molar-refractivity contribution < 1.29 is 17.9 Å². The number of hydrogen-bond acceptors (Lipinski definition) is 9. The lowest BCUT2D eigenvalue weighted by Crippen LogP contribution is -2.49. The van der Waals surface area contributed by atoms with Gasteiger partial charge >= 0.3 is 0 Å². The molecular formula is C22H20ClN7O4S. The number of benzene rings is 2. The highest BCUT2D eigenvalue weighted by molar-refractivity contribution is 7.89. The van der Waals surface area contributed by atoms with Gasteiger partial charge in [-0.3, -0.25) is 0 Å². The van der Waals surface area contributed by atoms with Crippen molar-refractivity contribution in [3.8, 4) is 17.2 Å². The summed E-state index contributed by atoms with van der Waals surface area (Å²) in [7, 11) is -3.68. The molecule has 0 radical (unpaired) electrons. The Labute approximate surface area is 205 Å². The maximum atomic E-state index is 13.3. The molecule has 1 saturated heterocycles. The van der Waals surface area contributed by atoms with Crippen molar-refractivity contribution in [2.75, 3.05) is 44.3 Å². The monoisotopic (exact) mass is 513 g/mol. The van der Waals surface area contributed by atoms with E-state index in [1.54, 1.807) is 28.9 Å². The normalized spacial score (nSPS) is 16.5. The first-order valence-electron chi connectivity index (χ1n) is 11.0. The minimum absolute atomic E-state index is 0.186. The van der Waals surface area contributed by atoms with Gasteiger partial charge in [-0.25, -0.2) is 18.4 Å². The number of piperazine rings is 1. The SMILES string of the molecule is O=S(=O)(c1ccc2c(c1)OCCO2)N1CCN(c2ncnc3c2nnn3-c2ccc(Cl)cc2)CC1. The van der Waals surface area contributed by atoms with Crippen LogP contribution in [-0.2, 0) is 10.0 Å². The lowest BCUT2D eigenvalue weighted by atomic mass is 10.3. The zero-order chi connectivity index (χ0) is 24.0. The fourth-order valence-electron chi connectivity index (χ4n) is 4.20. The highest BCUT2D eigenvalue weighted by atomic mass is 35.5. The maximum absolute atomic E-state index is 13.3. The molecule has 2 aromatic heterocycles. The molecule has 1 fully saturated rings. The second kappa shape index (κ2) is 8.63. The Bertz CT molecular complexity index is 1500. The summed E-state index contributed by atoms with van der Waals surface area (Å²) in [6, 6.07) is 11.9. The van der Waals surface area contributed by atoms with Gasteiger partial charge in [0, 0.05) is 37.3 Å². The Hall–Kier alpha value is -3.48. The zero-order valence-electron chi connectivity index (χ0n) is 18.4. The average molecular weight is 514 g/mol. The van der Waals surface area contributed by atoms with Gasteiger partial charge in [-0.15, -0.1) is 5.10 Å². The highest BCUT2D eigenvalue weighted by Gasteiger charge is 2.31. The molecule has 4 aromatic rings. The first-order valence-corrected chi connectivity index (χ1v) is 12.8. The minimum Gasteiger partial charge on any atom is -0.486 e. The van der Waals surface area contributed by atoms with E-state index in [1.165, 1.54) is 16.7 Å². The molecule has 0 unspecified atom stereocenters. The zero-order valence-corrected chi connectivity index (χ0v) is 20.0. The van der Waals surface area contributed by atoms with Crippen molar-refractivity contribution in [2.45, 2.75) is 4.90 Å². The van der Waals surface area contributed by atoms with Crippen molar-refractivity contribution >= 4 is 38.6 Å². The van der Waals surface area contributed by atoms with Crippen LogP contribution < -0.4 is 14.4 Å². The van der Waals surface area contributed by atoms with Crippen LogP contribution in [-0.4, -0.2) is 77.1 Å². The minimum atomic E-state index is -3.68.